The van der Waals surface area contributed by atoms with Crippen LogP contribution in [0.3, 0.4) is 0 Å². The molecule has 1 aromatic carbocycles. The topological polar surface area (TPSA) is 66.0 Å². The third-order valence-electron chi connectivity index (χ3n) is 4.51. The van der Waals surface area contributed by atoms with Crippen LogP contribution >= 0.6 is 0 Å². The molecule has 0 saturated heterocycles. The van der Waals surface area contributed by atoms with Gasteiger partial charge in [-0.15, -0.1) is 0 Å². The van der Waals surface area contributed by atoms with E-state index in [2.05, 4.69) is 10.2 Å². The van der Waals surface area contributed by atoms with E-state index in [9.17, 15) is 9.90 Å². The molecular formula is C17H20N2O2. The van der Waals surface area contributed by atoms with Gasteiger partial charge < -0.3 is 5.11 Å². The maximum atomic E-state index is 12.3. The van der Waals surface area contributed by atoms with Crippen molar-refractivity contribution in [1.29, 1.82) is 0 Å². The van der Waals surface area contributed by atoms with Crippen LogP contribution in [0.5, 0.6) is 0 Å². The minimum atomic E-state index is -1.08. The largest absolute Gasteiger partial charge is 0.389 e. The second-order valence-corrected chi connectivity index (χ2v) is 6.22. The Labute approximate surface area is 124 Å². The number of fused-ring (bicyclic) bond motifs is 1. The van der Waals surface area contributed by atoms with Crippen molar-refractivity contribution in [2.75, 3.05) is 0 Å². The van der Waals surface area contributed by atoms with E-state index in [4.69, 9.17) is 0 Å². The van der Waals surface area contributed by atoms with Crippen molar-refractivity contribution in [3.63, 3.8) is 0 Å². The Hall–Kier alpha value is -1.94. The van der Waals surface area contributed by atoms with Gasteiger partial charge in [0.2, 0.25) is 0 Å². The van der Waals surface area contributed by atoms with E-state index in [0.717, 1.165) is 22.5 Å². The fraction of sp³-hybridized carbons (Fsp3) is 0.412. The summed E-state index contributed by atoms with van der Waals surface area (Å²) in [6, 6.07) is 9.91. The fourth-order valence-corrected chi connectivity index (χ4v) is 3.70. The smallest absolute Gasteiger partial charge is 0.136 e. The molecule has 0 saturated carbocycles. The zero-order chi connectivity index (χ0) is 15.2. The monoisotopic (exact) mass is 284 g/mol. The molecule has 0 fully saturated rings. The molecule has 2 aromatic rings. The molecular weight excluding hydrogens is 264 g/mol. The predicted octanol–water partition coefficient (Wildman–Crippen LogP) is 2.36. The lowest BCUT2D eigenvalue weighted by atomic mass is 9.64. The van der Waals surface area contributed by atoms with Crippen LogP contribution in [0.2, 0.25) is 0 Å². The van der Waals surface area contributed by atoms with Gasteiger partial charge in [0.25, 0.3) is 0 Å². The Kier molecular flexibility index (Phi) is 3.21. The first-order valence-electron chi connectivity index (χ1n) is 7.23. The average Bonchev–Trinajstić information content (AvgIpc) is 2.77. The van der Waals surface area contributed by atoms with E-state index >= 15 is 0 Å². The van der Waals surface area contributed by atoms with Gasteiger partial charge in [0.05, 0.1) is 17.2 Å². The maximum Gasteiger partial charge on any atom is 0.136 e. The van der Waals surface area contributed by atoms with Gasteiger partial charge in [-0.2, -0.15) is 5.10 Å². The molecule has 0 spiro atoms. The van der Waals surface area contributed by atoms with Gasteiger partial charge in [0.1, 0.15) is 5.78 Å². The molecule has 3 rings (SSSR count). The minimum absolute atomic E-state index is 0.0140. The summed E-state index contributed by atoms with van der Waals surface area (Å²) in [7, 11) is 0. The number of ketones is 1. The number of nitrogens with zero attached hydrogens (tertiary/aromatic N) is 1. The van der Waals surface area contributed by atoms with Crippen molar-refractivity contribution >= 4 is 5.78 Å². The Morgan fingerprint density at radius 3 is 2.67 bits per heavy atom. The number of carbonyl (C=O) groups is 1. The molecule has 4 heteroatoms. The molecule has 0 bridgehead atoms. The molecule has 1 aliphatic carbocycles. The van der Waals surface area contributed by atoms with E-state index < -0.39 is 11.5 Å². The Morgan fingerprint density at radius 2 is 2.05 bits per heavy atom. The quantitative estimate of drug-likeness (QED) is 0.889. The predicted molar refractivity (Wildman–Crippen MR) is 80.1 cm³/mol. The van der Waals surface area contributed by atoms with Crippen LogP contribution < -0.4 is 0 Å². The zero-order valence-corrected chi connectivity index (χ0v) is 12.6. The number of hydrogen-bond acceptors (Lipinski definition) is 3. The van der Waals surface area contributed by atoms with E-state index in [-0.39, 0.29) is 11.7 Å². The molecule has 3 atom stereocenters. The normalized spacial score (nSPS) is 28.2. The van der Waals surface area contributed by atoms with Crippen molar-refractivity contribution in [3.8, 4) is 0 Å². The van der Waals surface area contributed by atoms with E-state index in [1.165, 1.54) is 0 Å². The number of benzene rings is 1. The second-order valence-electron chi connectivity index (χ2n) is 6.22. The average molecular weight is 284 g/mol. The number of aryl methyl sites for hydroxylation is 1. The first-order valence-corrected chi connectivity index (χ1v) is 7.23. The summed E-state index contributed by atoms with van der Waals surface area (Å²) in [5.41, 5.74) is 2.86. The van der Waals surface area contributed by atoms with Crippen molar-refractivity contribution in [1.82, 2.24) is 10.2 Å². The number of nitrogens with one attached hydrogen (secondary N) is 1. The van der Waals surface area contributed by atoms with Crippen LogP contribution in [0.1, 0.15) is 42.3 Å². The number of H-pyrrole nitrogens is 1. The Morgan fingerprint density at radius 1 is 1.38 bits per heavy atom. The van der Waals surface area contributed by atoms with Crippen LogP contribution in [0, 0.1) is 12.8 Å². The molecule has 0 unspecified atom stereocenters. The Balaban J connectivity index is 2.24. The van der Waals surface area contributed by atoms with Crippen LogP contribution in [-0.4, -0.2) is 26.7 Å². The van der Waals surface area contributed by atoms with Crippen LogP contribution in [0.4, 0.5) is 0 Å². The molecule has 2 N–H and O–H groups in total. The summed E-state index contributed by atoms with van der Waals surface area (Å²) in [6.07, 6.45) is 0.403. The third kappa shape index (κ3) is 2.20. The summed E-state index contributed by atoms with van der Waals surface area (Å²) < 4.78 is 0. The zero-order valence-electron chi connectivity index (χ0n) is 12.6. The second kappa shape index (κ2) is 4.81. The lowest BCUT2D eigenvalue weighted by molar-refractivity contribution is -0.130. The molecule has 0 radical (unpaired) electrons. The standard InChI is InChI=1S/C17H20N2O2/c1-10-14-13(19-18-10)9-17(3,21)16(11(2)20)15(14)12-7-5-4-6-8-12/h4-8,15-16,21H,9H2,1-3H3,(H,18,19)/t15-,16+,17+/m0/s1. The number of Topliss-reactive ketones (excluding diaryl/α,β-unsaturated/α-hetero) is 1. The van der Waals surface area contributed by atoms with Gasteiger partial charge in [0.15, 0.2) is 0 Å². The Bertz CT molecular complexity index is 673. The highest BCUT2D eigenvalue weighted by Crippen LogP contribution is 2.46. The summed E-state index contributed by atoms with van der Waals surface area (Å²) in [6.45, 7) is 5.27. The van der Waals surface area contributed by atoms with Crippen molar-refractivity contribution in [2.45, 2.75) is 38.7 Å². The molecule has 1 aliphatic rings. The summed E-state index contributed by atoms with van der Waals surface area (Å²) in [4.78, 5) is 12.3. The summed E-state index contributed by atoms with van der Waals surface area (Å²) in [5.74, 6) is -0.593. The van der Waals surface area contributed by atoms with Crippen molar-refractivity contribution in [3.05, 3.63) is 52.8 Å². The van der Waals surface area contributed by atoms with Gasteiger partial charge in [-0.1, -0.05) is 30.3 Å². The summed E-state index contributed by atoms with van der Waals surface area (Å²) >= 11 is 0. The van der Waals surface area contributed by atoms with Gasteiger partial charge in [0, 0.05) is 23.6 Å². The van der Waals surface area contributed by atoms with E-state index in [1.807, 2.05) is 37.3 Å². The maximum absolute atomic E-state index is 12.3. The van der Waals surface area contributed by atoms with Gasteiger partial charge in [-0.25, -0.2) is 0 Å². The SMILES string of the molecule is CC(=O)[C@@H]1[C@@H](c2ccccc2)c2c(n[nH]c2C)C[C@@]1(C)O. The number of aliphatic hydroxyl groups is 1. The molecule has 1 aromatic heterocycles. The molecule has 21 heavy (non-hydrogen) atoms. The number of aromatic nitrogens is 2. The number of carbonyl (C=O) groups excluding carboxylic acids is 1. The summed E-state index contributed by atoms with van der Waals surface area (Å²) in [5, 5.41) is 18.1. The minimum Gasteiger partial charge on any atom is -0.389 e. The van der Waals surface area contributed by atoms with Crippen LogP contribution in [-0.2, 0) is 11.2 Å². The molecule has 110 valence electrons. The first-order chi connectivity index (χ1) is 9.92. The number of hydrogen-bond donors (Lipinski definition) is 2. The lowest BCUT2D eigenvalue weighted by Gasteiger charge is -2.41. The van der Waals surface area contributed by atoms with Gasteiger partial charge in [-0.05, 0) is 26.3 Å². The molecule has 4 nitrogen and oxygen atoms in total. The van der Waals surface area contributed by atoms with Crippen LogP contribution in [0.25, 0.3) is 0 Å². The molecule has 0 aliphatic heterocycles. The van der Waals surface area contributed by atoms with E-state index in [0.29, 0.717) is 6.42 Å². The molecule has 1 heterocycles. The van der Waals surface area contributed by atoms with E-state index in [1.54, 1.807) is 13.8 Å². The fourth-order valence-electron chi connectivity index (χ4n) is 3.70. The highest BCUT2D eigenvalue weighted by Gasteiger charge is 2.48. The lowest BCUT2D eigenvalue weighted by Crippen LogP contribution is -2.48. The number of rotatable bonds is 2. The first kappa shape index (κ1) is 14.0. The highest BCUT2D eigenvalue weighted by atomic mass is 16.3. The van der Waals surface area contributed by atoms with Gasteiger partial charge >= 0.3 is 0 Å². The van der Waals surface area contributed by atoms with Crippen molar-refractivity contribution < 1.29 is 9.90 Å². The molecule has 0 amide bonds. The number of aromatic amines is 1. The highest BCUT2D eigenvalue weighted by molar-refractivity contribution is 5.82. The van der Waals surface area contributed by atoms with Crippen LogP contribution in [0.15, 0.2) is 30.3 Å². The van der Waals surface area contributed by atoms with Crippen molar-refractivity contribution in [2.24, 2.45) is 5.92 Å². The van der Waals surface area contributed by atoms with Gasteiger partial charge in [-0.3, -0.25) is 9.89 Å². The third-order valence-corrected chi connectivity index (χ3v) is 4.51.